The molecule has 0 unspecified atom stereocenters. The minimum absolute atomic E-state index is 0.707. The van der Waals surface area contributed by atoms with Gasteiger partial charge in [0.15, 0.2) is 0 Å². The molecule has 88 valence electrons. The molecule has 0 radical (unpaired) electrons. The van der Waals surface area contributed by atoms with Gasteiger partial charge in [0.1, 0.15) is 12.0 Å². The molecule has 0 saturated carbocycles. The summed E-state index contributed by atoms with van der Waals surface area (Å²) in [5.74, 6) is 1.93. The summed E-state index contributed by atoms with van der Waals surface area (Å²) in [6.07, 6.45) is 4.56. The molecule has 0 aromatic heterocycles. The third-order valence-corrected chi connectivity index (χ3v) is 3.45. The van der Waals surface area contributed by atoms with Gasteiger partial charge in [-0.25, -0.2) is 0 Å². The van der Waals surface area contributed by atoms with Crippen LogP contribution in [0.5, 0.6) is 5.75 Å². The summed E-state index contributed by atoms with van der Waals surface area (Å²) < 4.78 is 5.27. The van der Waals surface area contributed by atoms with Crippen LogP contribution in [0, 0.1) is 0 Å². The molecule has 1 aromatic rings. The van der Waals surface area contributed by atoms with Crippen LogP contribution in [0.1, 0.15) is 36.5 Å². The second kappa shape index (κ2) is 7.34. The lowest BCUT2D eigenvalue weighted by Crippen LogP contribution is -1.90. The molecule has 0 aliphatic rings. The van der Waals surface area contributed by atoms with Gasteiger partial charge in [0, 0.05) is 5.56 Å². The normalized spacial score (nSPS) is 10.1. The highest BCUT2D eigenvalue weighted by Crippen LogP contribution is 2.30. The highest BCUT2D eigenvalue weighted by Gasteiger charge is 2.04. The molecule has 16 heavy (non-hydrogen) atoms. The van der Waals surface area contributed by atoms with Crippen LogP contribution >= 0.6 is 11.8 Å². The van der Waals surface area contributed by atoms with E-state index in [1.54, 1.807) is 24.9 Å². The molecule has 0 aliphatic heterocycles. The lowest BCUT2D eigenvalue weighted by Gasteiger charge is -2.08. The van der Waals surface area contributed by atoms with Gasteiger partial charge >= 0.3 is 0 Å². The van der Waals surface area contributed by atoms with Gasteiger partial charge in [-0.2, -0.15) is 0 Å². The van der Waals surface area contributed by atoms with E-state index < -0.39 is 0 Å². The fraction of sp³-hybridized carbons (Fsp3) is 0.462. The molecule has 2 nitrogen and oxygen atoms in total. The third-order valence-electron chi connectivity index (χ3n) is 2.33. The first-order valence-corrected chi connectivity index (χ1v) is 6.56. The molecule has 3 heteroatoms. The molecule has 0 bridgehead atoms. The summed E-state index contributed by atoms with van der Waals surface area (Å²) in [7, 11) is 1.66. The second-order valence-electron chi connectivity index (χ2n) is 3.58. The predicted octanol–water partition coefficient (Wildman–Crippen LogP) is 3.79. The summed E-state index contributed by atoms with van der Waals surface area (Å²) in [6, 6.07) is 5.52. The van der Waals surface area contributed by atoms with Gasteiger partial charge in [-0.05, 0) is 30.4 Å². The summed E-state index contributed by atoms with van der Waals surface area (Å²) in [4.78, 5) is 11.7. The van der Waals surface area contributed by atoms with E-state index >= 15 is 0 Å². The van der Waals surface area contributed by atoms with Gasteiger partial charge in [0.2, 0.25) is 0 Å². The van der Waals surface area contributed by atoms with E-state index in [-0.39, 0.29) is 0 Å². The minimum Gasteiger partial charge on any atom is -0.496 e. The lowest BCUT2D eigenvalue weighted by molar-refractivity contribution is 0.112. The van der Waals surface area contributed by atoms with Gasteiger partial charge in [-0.3, -0.25) is 4.79 Å². The highest BCUT2D eigenvalue weighted by atomic mass is 32.2. The Morgan fingerprint density at radius 3 is 2.81 bits per heavy atom. The average molecular weight is 238 g/mol. The number of rotatable bonds is 7. The van der Waals surface area contributed by atoms with Crippen molar-refractivity contribution in [2.24, 2.45) is 0 Å². The number of hydrogen-bond acceptors (Lipinski definition) is 3. The second-order valence-corrected chi connectivity index (χ2v) is 4.72. The fourth-order valence-corrected chi connectivity index (χ4v) is 2.50. The first kappa shape index (κ1) is 13.1. The zero-order valence-electron chi connectivity index (χ0n) is 9.86. The Morgan fingerprint density at radius 1 is 1.38 bits per heavy atom. The largest absolute Gasteiger partial charge is 0.496 e. The topological polar surface area (TPSA) is 26.3 Å². The molecule has 1 rings (SSSR count). The summed E-state index contributed by atoms with van der Waals surface area (Å²) in [5.41, 5.74) is 0.707. The van der Waals surface area contributed by atoms with E-state index in [9.17, 15) is 4.79 Å². The van der Waals surface area contributed by atoms with Crippen LogP contribution in [0.3, 0.4) is 0 Å². The number of methoxy groups -OCH3 is 1. The summed E-state index contributed by atoms with van der Waals surface area (Å²) in [6.45, 7) is 2.19. The van der Waals surface area contributed by atoms with Crippen LogP contribution in [0.15, 0.2) is 23.1 Å². The van der Waals surface area contributed by atoms with Crippen LogP contribution < -0.4 is 4.74 Å². The van der Waals surface area contributed by atoms with Crippen molar-refractivity contribution in [3.63, 3.8) is 0 Å². The van der Waals surface area contributed by atoms with E-state index in [0.29, 0.717) is 5.56 Å². The van der Waals surface area contributed by atoms with E-state index in [4.69, 9.17) is 4.74 Å². The Hall–Kier alpha value is -0.960. The SMILES string of the molecule is CCCCCSc1cc(C=O)ccc1OC. The van der Waals surface area contributed by atoms with Crippen LogP contribution in [0.2, 0.25) is 0 Å². The number of benzene rings is 1. The third kappa shape index (κ3) is 3.89. The van der Waals surface area contributed by atoms with Crippen LogP contribution in [-0.4, -0.2) is 19.1 Å². The summed E-state index contributed by atoms with van der Waals surface area (Å²) in [5, 5.41) is 0. The molecule has 0 spiro atoms. The van der Waals surface area contributed by atoms with Gasteiger partial charge in [-0.1, -0.05) is 19.8 Å². The molecule has 0 amide bonds. The molecule has 0 aliphatic carbocycles. The fourth-order valence-electron chi connectivity index (χ4n) is 1.41. The Morgan fingerprint density at radius 2 is 2.19 bits per heavy atom. The number of ether oxygens (including phenoxy) is 1. The maximum Gasteiger partial charge on any atom is 0.150 e. The first-order valence-electron chi connectivity index (χ1n) is 5.57. The molecule has 1 aromatic carbocycles. The van der Waals surface area contributed by atoms with Crippen molar-refractivity contribution >= 4 is 18.0 Å². The predicted molar refractivity (Wildman–Crippen MR) is 68.6 cm³/mol. The van der Waals surface area contributed by atoms with Crippen LogP contribution in [-0.2, 0) is 0 Å². The van der Waals surface area contributed by atoms with Gasteiger partial charge < -0.3 is 4.74 Å². The number of unbranched alkanes of at least 4 members (excludes halogenated alkanes) is 2. The first-order chi connectivity index (χ1) is 7.81. The van der Waals surface area contributed by atoms with Crippen molar-refractivity contribution < 1.29 is 9.53 Å². The Labute approximate surface area is 101 Å². The van der Waals surface area contributed by atoms with Crippen LogP contribution in [0.25, 0.3) is 0 Å². The van der Waals surface area contributed by atoms with E-state index in [2.05, 4.69) is 6.92 Å². The van der Waals surface area contributed by atoms with Crippen molar-refractivity contribution in [1.82, 2.24) is 0 Å². The smallest absolute Gasteiger partial charge is 0.150 e. The Bertz CT molecular complexity index is 337. The van der Waals surface area contributed by atoms with Gasteiger partial charge in [0.05, 0.1) is 12.0 Å². The van der Waals surface area contributed by atoms with Crippen molar-refractivity contribution in [1.29, 1.82) is 0 Å². The van der Waals surface area contributed by atoms with Gasteiger partial charge in [0.25, 0.3) is 0 Å². The molecule has 0 atom stereocenters. The zero-order valence-corrected chi connectivity index (χ0v) is 10.7. The maximum atomic E-state index is 10.7. The number of carbonyl (C=O) groups is 1. The molecule has 0 heterocycles. The maximum absolute atomic E-state index is 10.7. The number of thioether (sulfide) groups is 1. The van der Waals surface area contributed by atoms with E-state index in [0.717, 1.165) is 22.7 Å². The standard InChI is InChI=1S/C13H18O2S/c1-3-4-5-8-16-13-9-11(10-14)6-7-12(13)15-2/h6-7,9-10H,3-5,8H2,1-2H3. The molecular weight excluding hydrogens is 220 g/mol. The molecule has 0 saturated heterocycles. The number of aldehydes is 1. The number of hydrogen-bond donors (Lipinski definition) is 0. The van der Waals surface area contributed by atoms with Crippen molar-refractivity contribution in [2.45, 2.75) is 31.1 Å². The Balaban J connectivity index is 2.64. The Kier molecular flexibility index (Phi) is 6.01. The molecular formula is C13H18O2S. The van der Waals surface area contributed by atoms with Gasteiger partial charge in [-0.15, -0.1) is 11.8 Å². The van der Waals surface area contributed by atoms with E-state index in [1.807, 2.05) is 12.1 Å². The molecule has 0 fully saturated rings. The quantitative estimate of drug-likeness (QED) is 0.411. The van der Waals surface area contributed by atoms with Crippen molar-refractivity contribution in [3.8, 4) is 5.75 Å². The van der Waals surface area contributed by atoms with Crippen molar-refractivity contribution in [2.75, 3.05) is 12.9 Å². The number of carbonyl (C=O) groups excluding carboxylic acids is 1. The molecule has 0 N–H and O–H groups in total. The monoisotopic (exact) mass is 238 g/mol. The average Bonchev–Trinajstić information content (AvgIpc) is 2.34. The highest BCUT2D eigenvalue weighted by molar-refractivity contribution is 7.99. The minimum atomic E-state index is 0.707. The lowest BCUT2D eigenvalue weighted by atomic mass is 10.2. The van der Waals surface area contributed by atoms with Crippen molar-refractivity contribution in [3.05, 3.63) is 23.8 Å². The van der Waals surface area contributed by atoms with Crippen LogP contribution in [0.4, 0.5) is 0 Å². The zero-order chi connectivity index (χ0) is 11.8. The van der Waals surface area contributed by atoms with E-state index in [1.165, 1.54) is 19.3 Å². The summed E-state index contributed by atoms with van der Waals surface area (Å²) >= 11 is 1.76.